The molecule has 0 rings (SSSR count). The molecule has 0 aromatic heterocycles. The van der Waals surface area contributed by atoms with Crippen molar-refractivity contribution < 1.29 is 32.9 Å². The van der Waals surface area contributed by atoms with Gasteiger partial charge in [-0.1, -0.05) is 213 Å². The number of phosphoric acid groups is 1. The lowest BCUT2D eigenvalue weighted by Gasteiger charge is -2.26. The van der Waals surface area contributed by atoms with E-state index in [0.717, 1.165) is 38.5 Å². The average molecular weight is 790 g/mol. The first kappa shape index (κ1) is 53.5. The maximum absolute atomic E-state index is 12.8. The Kier molecular flexibility index (Phi) is 37.7. The van der Waals surface area contributed by atoms with Crippen LogP contribution in [-0.4, -0.2) is 73.4 Å². The molecule has 0 heterocycles. The fourth-order valence-electron chi connectivity index (χ4n) is 7.11. The van der Waals surface area contributed by atoms with Crippen molar-refractivity contribution in [1.29, 1.82) is 0 Å². The number of phosphoric ester groups is 1. The Morgan fingerprint density at radius 1 is 0.556 bits per heavy atom. The van der Waals surface area contributed by atoms with E-state index in [1.807, 2.05) is 21.1 Å². The number of aliphatic hydroxyl groups excluding tert-OH is 1. The number of hydrogen-bond donors (Lipinski definition) is 3. The molecule has 3 N–H and O–H groups in total. The number of amides is 1. The van der Waals surface area contributed by atoms with Crippen molar-refractivity contribution in [3.8, 4) is 0 Å². The first-order chi connectivity index (χ1) is 26.0. The van der Waals surface area contributed by atoms with Crippen molar-refractivity contribution in [3.05, 3.63) is 0 Å². The van der Waals surface area contributed by atoms with Gasteiger partial charge in [0.25, 0.3) is 0 Å². The summed E-state index contributed by atoms with van der Waals surface area (Å²) < 4.78 is 23.6. The van der Waals surface area contributed by atoms with Crippen molar-refractivity contribution >= 4 is 13.7 Å². The van der Waals surface area contributed by atoms with Crippen molar-refractivity contribution in [2.24, 2.45) is 0 Å². The van der Waals surface area contributed by atoms with Gasteiger partial charge in [0, 0.05) is 6.42 Å². The molecule has 0 aliphatic carbocycles. The smallest absolute Gasteiger partial charge is 0.391 e. The van der Waals surface area contributed by atoms with E-state index >= 15 is 0 Å². The lowest BCUT2D eigenvalue weighted by Crippen LogP contribution is -2.46. The number of unbranched alkanes of at least 4 members (excludes halogenated alkanes) is 30. The number of likely N-dealkylation sites (N-methyl/N-ethyl adjacent to an activating group) is 1. The molecule has 1 amide bonds. The van der Waals surface area contributed by atoms with Crippen LogP contribution in [0.5, 0.6) is 0 Å². The molecule has 0 aliphatic heterocycles. The van der Waals surface area contributed by atoms with Crippen molar-refractivity contribution in [2.45, 2.75) is 244 Å². The van der Waals surface area contributed by atoms with Crippen LogP contribution in [0.15, 0.2) is 0 Å². The summed E-state index contributed by atoms with van der Waals surface area (Å²) in [5.74, 6) is -0.143. The Morgan fingerprint density at radius 2 is 0.889 bits per heavy atom. The second-order valence-corrected chi connectivity index (χ2v) is 19.0. The van der Waals surface area contributed by atoms with Crippen LogP contribution in [0.25, 0.3) is 0 Å². The van der Waals surface area contributed by atoms with Crippen LogP contribution in [0, 0.1) is 0 Å². The molecule has 324 valence electrons. The highest BCUT2D eigenvalue weighted by Gasteiger charge is 2.28. The molecule has 0 spiro atoms. The second-order valence-electron chi connectivity index (χ2n) is 17.5. The molecular weight excluding hydrogens is 695 g/mol. The van der Waals surface area contributed by atoms with E-state index in [2.05, 4.69) is 19.2 Å². The molecule has 0 bridgehead atoms. The fourth-order valence-corrected chi connectivity index (χ4v) is 7.84. The summed E-state index contributed by atoms with van der Waals surface area (Å²) in [5.41, 5.74) is 0. The predicted octanol–water partition coefficient (Wildman–Crippen LogP) is 13.0. The maximum atomic E-state index is 12.8. The largest absolute Gasteiger partial charge is 0.472 e. The molecule has 0 saturated carbocycles. The van der Waals surface area contributed by atoms with Crippen LogP contribution in [0.4, 0.5) is 0 Å². The third kappa shape index (κ3) is 39.7. The van der Waals surface area contributed by atoms with Crippen LogP contribution >= 0.6 is 7.82 Å². The minimum absolute atomic E-state index is 0.0784. The Bertz CT molecular complexity index is 855. The van der Waals surface area contributed by atoms with Gasteiger partial charge in [0.05, 0.1) is 39.9 Å². The van der Waals surface area contributed by atoms with Crippen molar-refractivity contribution in [2.75, 3.05) is 40.9 Å². The molecule has 0 saturated heterocycles. The lowest BCUT2D eigenvalue weighted by atomic mass is 10.0. The van der Waals surface area contributed by atoms with Gasteiger partial charge < -0.3 is 19.8 Å². The van der Waals surface area contributed by atoms with Gasteiger partial charge in [-0.3, -0.25) is 13.8 Å². The highest BCUT2D eigenvalue weighted by molar-refractivity contribution is 7.47. The highest BCUT2D eigenvalue weighted by Crippen LogP contribution is 2.43. The van der Waals surface area contributed by atoms with E-state index in [1.54, 1.807) is 0 Å². The topological polar surface area (TPSA) is 105 Å². The quantitative estimate of drug-likeness (QED) is 0.0323. The van der Waals surface area contributed by atoms with Gasteiger partial charge in [-0.2, -0.15) is 0 Å². The number of nitrogens with zero attached hydrogens (tertiary/aromatic N) is 1. The van der Waals surface area contributed by atoms with E-state index in [9.17, 15) is 19.4 Å². The molecule has 9 heteroatoms. The Labute approximate surface area is 336 Å². The van der Waals surface area contributed by atoms with Crippen LogP contribution in [0.1, 0.15) is 232 Å². The third-order valence-electron chi connectivity index (χ3n) is 10.9. The van der Waals surface area contributed by atoms with Crippen LogP contribution in [0.2, 0.25) is 0 Å². The van der Waals surface area contributed by atoms with E-state index < -0.39 is 20.0 Å². The van der Waals surface area contributed by atoms with Gasteiger partial charge >= 0.3 is 7.82 Å². The van der Waals surface area contributed by atoms with E-state index in [-0.39, 0.29) is 19.1 Å². The molecule has 0 fully saturated rings. The summed E-state index contributed by atoms with van der Waals surface area (Å²) in [5, 5.41) is 14.0. The lowest BCUT2D eigenvalue weighted by molar-refractivity contribution is -0.870. The Hall–Kier alpha value is -0.500. The van der Waals surface area contributed by atoms with Gasteiger partial charge in [-0.15, -0.1) is 0 Å². The summed E-state index contributed by atoms with van der Waals surface area (Å²) in [4.78, 5) is 23.1. The summed E-state index contributed by atoms with van der Waals surface area (Å²) in [6, 6.07) is -0.752. The number of quaternary nitrogens is 1. The van der Waals surface area contributed by atoms with Gasteiger partial charge in [-0.05, 0) is 12.8 Å². The molecule has 0 radical (unpaired) electrons. The Morgan fingerprint density at radius 3 is 1.24 bits per heavy atom. The molecule has 54 heavy (non-hydrogen) atoms. The first-order valence-electron chi connectivity index (χ1n) is 23.4. The van der Waals surface area contributed by atoms with Crippen LogP contribution in [0.3, 0.4) is 0 Å². The minimum Gasteiger partial charge on any atom is -0.391 e. The number of rotatable bonds is 43. The molecule has 0 aromatic rings. The second kappa shape index (κ2) is 38.0. The average Bonchev–Trinajstić information content (AvgIpc) is 3.12. The zero-order chi connectivity index (χ0) is 40.0. The fraction of sp³-hybridized carbons (Fsp3) is 0.978. The van der Waals surface area contributed by atoms with Crippen LogP contribution < -0.4 is 5.32 Å². The summed E-state index contributed by atoms with van der Waals surface area (Å²) >= 11 is 0. The van der Waals surface area contributed by atoms with Crippen molar-refractivity contribution in [3.63, 3.8) is 0 Å². The minimum atomic E-state index is -4.30. The van der Waals surface area contributed by atoms with E-state index in [4.69, 9.17) is 9.05 Å². The van der Waals surface area contributed by atoms with Crippen molar-refractivity contribution in [1.82, 2.24) is 5.32 Å². The molecular formula is C45H94N2O6P+. The number of nitrogens with one attached hydrogen (secondary N) is 1. The zero-order valence-corrected chi connectivity index (χ0v) is 37.6. The summed E-state index contributed by atoms with van der Waals surface area (Å²) in [6.45, 7) is 4.90. The molecule has 3 unspecified atom stereocenters. The predicted molar refractivity (Wildman–Crippen MR) is 231 cm³/mol. The summed E-state index contributed by atoms with van der Waals surface area (Å²) in [6.07, 6.45) is 41.4. The first-order valence-corrected chi connectivity index (χ1v) is 24.9. The standard InChI is InChI=1S/C45H93N2O6P/c1-6-8-10-12-14-16-18-19-20-21-22-23-24-25-26-27-28-29-30-32-34-36-38-44(48)43(42-53-54(50,51)52-41-40-47(3,4)5)46-45(49)39-37-35-33-31-17-15-13-11-9-7-2/h43-44,48H,6-42H2,1-5H3,(H-,46,49,50,51)/p+1. The highest BCUT2D eigenvalue weighted by atomic mass is 31.2. The summed E-state index contributed by atoms with van der Waals surface area (Å²) in [7, 11) is 1.63. The van der Waals surface area contributed by atoms with Gasteiger partial charge in [0.2, 0.25) is 5.91 Å². The zero-order valence-electron chi connectivity index (χ0n) is 36.7. The monoisotopic (exact) mass is 790 g/mol. The van der Waals surface area contributed by atoms with E-state index in [0.29, 0.717) is 23.9 Å². The number of carbonyl (C=O) groups is 1. The SMILES string of the molecule is CCCCCCCCCCCCCCCCCCCCCCCCC(O)C(COP(=O)(O)OCC[N+](C)(C)C)NC(=O)CCCCCCCCCCCC. The Balaban J connectivity index is 4.18. The number of hydrogen-bond acceptors (Lipinski definition) is 5. The molecule has 3 atom stereocenters. The molecule has 8 nitrogen and oxygen atoms in total. The number of carbonyl (C=O) groups excluding carboxylic acids is 1. The van der Waals surface area contributed by atoms with Gasteiger partial charge in [0.1, 0.15) is 13.2 Å². The van der Waals surface area contributed by atoms with Gasteiger partial charge in [0.15, 0.2) is 0 Å². The molecule has 0 aromatic carbocycles. The molecule has 0 aliphatic rings. The normalized spacial score (nSPS) is 14.3. The third-order valence-corrected chi connectivity index (χ3v) is 11.8. The van der Waals surface area contributed by atoms with E-state index in [1.165, 1.54) is 167 Å². The maximum Gasteiger partial charge on any atom is 0.472 e. The number of aliphatic hydroxyl groups is 1. The van der Waals surface area contributed by atoms with Gasteiger partial charge in [-0.25, -0.2) is 4.57 Å². The van der Waals surface area contributed by atoms with Crippen LogP contribution in [-0.2, 0) is 18.4 Å².